The van der Waals surface area contributed by atoms with Crippen LogP contribution in [0.3, 0.4) is 0 Å². The quantitative estimate of drug-likeness (QED) is 0.660. The topological polar surface area (TPSA) is 30.0 Å². The van der Waals surface area contributed by atoms with Crippen LogP contribution >= 0.6 is 24.0 Å². The molecule has 66 valence electrons. The van der Waals surface area contributed by atoms with Gasteiger partial charge in [-0.15, -0.1) is 12.4 Å². The molecule has 1 heterocycles. The van der Waals surface area contributed by atoms with Gasteiger partial charge in [0.2, 0.25) is 0 Å². The molecule has 1 rings (SSSR count). The summed E-state index contributed by atoms with van der Waals surface area (Å²) < 4.78 is 0. The van der Waals surface area contributed by atoms with Crippen LogP contribution in [-0.2, 0) is 0 Å². The average Bonchev–Trinajstić information content (AvgIpc) is 1.85. The van der Waals surface area contributed by atoms with E-state index in [1.54, 1.807) is 19.2 Å². The summed E-state index contributed by atoms with van der Waals surface area (Å²) in [5.41, 5.74) is 2.08. The second-order valence-electron chi connectivity index (χ2n) is 2.36. The maximum absolute atomic E-state index is 10.8. The number of halogens is 2. The predicted molar refractivity (Wildman–Crippen MR) is 51.1 cm³/mol. The Morgan fingerprint density at radius 1 is 1.50 bits per heavy atom. The minimum absolute atomic E-state index is 0. The van der Waals surface area contributed by atoms with Crippen molar-refractivity contribution in [2.45, 2.75) is 13.8 Å². The average molecular weight is 206 g/mol. The van der Waals surface area contributed by atoms with Crippen LogP contribution in [0.2, 0.25) is 0 Å². The molecule has 0 aliphatic rings. The number of carbonyl (C=O) groups is 1. The molecule has 0 bridgehead atoms. The van der Waals surface area contributed by atoms with Crippen LogP contribution in [-0.4, -0.2) is 10.2 Å². The molecule has 2 nitrogen and oxygen atoms in total. The largest absolute Gasteiger partial charge is 0.276 e. The number of hydrogen-bond acceptors (Lipinski definition) is 2. The highest BCUT2D eigenvalue weighted by Crippen LogP contribution is 2.12. The molecule has 0 saturated heterocycles. The number of carbonyl (C=O) groups excluding carboxylic acids is 1. The fraction of sp³-hybridized carbons (Fsp3) is 0.250. The lowest BCUT2D eigenvalue weighted by molar-refractivity contribution is 0.108. The standard InChI is InChI=1S/C8H8ClNO.ClH/c1-5-3-4-10-6(2)7(5)8(9)11;/h3-4H,1-2H3;1H. The Hall–Kier alpha value is -0.600. The Morgan fingerprint density at radius 3 is 2.42 bits per heavy atom. The first-order valence-corrected chi connectivity index (χ1v) is 3.62. The highest BCUT2D eigenvalue weighted by molar-refractivity contribution is 6.68. The second-order valence-corrected chi connectivity index (χ2v) is 2.71. The first-order valence-electron chi connectivity index (χ1n) is 3.25. The van der Waals surface area contributed by atoms with Gasteiger partial charge in [0.05, 0.1) is 5.56 Å². The maximum atomic E-state index is 10.8. The Balaban J connectivity index is 0.00000121. The fourth-order valence-electron chi connectivity index (χ4n) is 0.991. The summed E-state index contributed by atoms with van der Waals surface area (Å²) in [7, 11) is 0. The zero-order valence-corrected chi connectivity index (χ0v) is 8.37. The van der Waals surface area contributed by atoms with Crippen LogP contribution in [0.15, 0.2) is 12.3 Å². The summed E-state index contributed by atoms with van der Waals surface area (Å²) in [5.74, 6) is 0. The van der Waals surface area contributed by atoms with E-state index in [4.69, 9.17) is 11.6 Å². The van der Waals surface area contributed by atoms with E-state index < -0.39 is 5.24 Å². The van der Waals surface area contributed by atoms with E-state index in [-0.39, 0.29) is 12.4 Å². The predicted octanol–water partition coefficient (Wildman–Crippen LogP) is 2.50. The zero-order chi connectivity index (χ0) is 8.43. The Morgan fingerprint density at radius 2 is 2.08 bits per heavy atom. The van der Waals surface area contributed by atoms with Crippen LogP contribution in [0, 0.1) is 13.8 Å². The van der Waals surface area contributed by atoms with Gasteiger partial charge in [0.25, 0.3) is 5.24 Å². The first-order chi connectivity index (χ1) is 5.13. The smallest absolute Gasteiger partial charge is 0.254 e. The van der Waals surface area contributed by atoms with E-state index in [9.17, 15) is 4.79 Å². The molecule has 0 radical (unpaired) electrons. The van der Waals surface area contributed by atoms with Gasteiger partial charge in [-0.05, 0) is 37.1 Å². The molecular weight excluding hydrogens is 197 g/mol. The van der Waals surface area contributed by atoms with Crippen molar-refractivity contribution in [2.75, 3.05) is 0 Å². The molecule has 0 spiro atoms. The molecule has 0 saturated carbocycles. The Kier molecular flexibility index (Phi) is 4.21. The molecule has 1 aromatic heterocycles. The summed E-state index contributed by atoms with van der Waals surface area (Å²) in [6, 6.07) is 1.77. The molecule has 0 unspecified atom stereocenters. The number of aryl methyl sites for hydroxylation is 2. The molecular formula is C8H9Cl2NO. The van der Waals surface area contributed by atoms with Crippen molar-refractivity contribution in [3.63, 3.8) is 0 Å². The van der Waals surface area contributed by atoms with Gasteiger partial charge in [-0.2, -0.15) is 0 Å². The Bertz CT molecular complexity index is 279. The minimum atomic E-state index is -0.437. The van der Waals surface area contributed by atoms with Crippen LogP contribution in [0.4, 0.5) is 0 Å². The Labute approximate surface area is 82.4 Å². The molecule has 0 aromatic carbocycles. The van der Waals surface area contributed by atoms with Crippen molar-refractivity contribution < 1.29 is 4.79 Å². The fourth-order valence-corrected chi connectivity index (χ4v) is 1.28. The summed E-state index contributed by atoms with van der Waals surface area (Å²) in [5, 5.41) is -0.437. The van der Waals surface area contributed by atoms with Crippen molar-refractivity contribution in [3.8, 4) is 0 Å². The van der Waals surface area contributed by atoms with E-state index in [2.05, 4.69) is 4.98 Å². The second kappa shape index (κ2) is 4.43. The maximum Gasteiger partial charge on any atom is 0.254 e. The molecule has 12 heavy (non-hydrogen) atoms. The third-order valence-corrected chi connectivity index (χ3v) is 1.73. The summed E-state index contributed by atoms with van der Waals surface area (Å²) in [6.45, 7) is 3.60. The molecule has 0 fully saturated rings. The van der Waals surface area contributed by atoms with Gasteiger partial charge in [-0.25, -0.2) is 0 Å². The highest BCUT2D eigenvalue weighted by atomic mass is 35.5. The first kappa shape index (κ1) is 11.4. The van der Waals surface area contributed by atoms with Crippen LogP contribution in [0.5, 0.6) is 0 Å². The van der Waals surface area contributed by atoms with Crippen molar-refractivity contribution in [2.24, 2.45) is 0 Å². The van der Waals surface area contributed by atoms with Gasteiger partial charge in [-0.3, -0.25) is 9.78 Å². The van der Waals surface area contributed by atoms with Crippen LogP contribution < -0.4 is 0 Å². The van der Waals surface area contributed by atoms with Crippen LogP contribution in [0.1, 0.15) is 21.6 Å². The molecule has 4 heteroatoms. The molecule has 0 N–H and O–H groups in total. The molecule has 0 aliphatic heterocycles. The van der Waals surface area contributed by atoms with Crippen molar-refractivity contribution in [1.29, 1.82) is 0 Å². The molecule has 0 aliphatic carbocycles. The minimum Gasteiger partial charge on any atom is -0.276 e. The molecule has 1 aromatic rings. The van der Waals surface area contributed by atoms with Crippen molar-refractivity contribution in [3.05, 3.63) is 29.1 Å². The summed E-state index contributed by atoms with van der Waals surface area (Å²) in [6.07, 6.45) is 1.66. The third kappa shape index (κ3) is 2.19. The lowest BCUT2D eigenvalue weighted by Gasteiger charge is -2.01. The van der Waals surface area contributed by atoms with E-state index in [1.807, 2.05) is 6.92 Å². The van der Waals surface area contributed by atoms with Gasteiger partial charge < -0.3 is 0 Å². The number of pyridine rings is 1. The van der Waals surface area contributed by atoms with Gasteiger partial charge in [-0.1, -0.05) is 0 Å². The summed E-state index contributed by atoms with van der Waals surface area (Å²) >= 11 is 5.33. The number of aromatic nitrogens is 1. The van der Waals surface area contributed by atoms with Crippen molar-refractivity contribution >= 4 is 29.3 Å². The number of nitrogens with zero attached hydrogens (tertiary/aromatic N) is 1. The normalized spacial score (nSPS) is 8.92. The van der Waals surface area contributed by atoms with Crippen LogP contribution in [0.25, 0.3) is 0 Å². The number of rotatable bonds is 1. The lowest BCUT2D eigenvalue weighted by atomic mass is 10.1. The summed E-state index contributed by atoms with van der Waals surface area (Å²) in [4.78, 5) is 14.8. The molecule has 0 amide bonds. The van der Waals surface area contributed by atoms with Gasteiger partial charge >= 0.3 is 0 Å². The monoisotopic (exact) mass is 205 g/mol. The van der Waals surface area contributed by atoms with E-state index in [0.29, 0.717) is 11.3 Å². The third-order valence-electron chi connectivity index (χ3n) is 1.55. The zero-order valence-electron chi connectivity index (χ0n) is 6.80. The van der Waals surface area contributed by atoms with E-state index in [1.165, 1.54) is 0 Å². The van der Waals surface area contributed by atoms with Gasteiger partial charge in [0.1, 0.15) is 0 Å². The van der Waals surface area contributed by atoms with E-state index >= 15 is 0 Å². The molecule has 0 atom stereocenters. The van der Waals surface area contributed by atoms with Gasteiger partial charge in [0.15, 0.2) is 0 Å². The number of hydrogen-bond donors (Lipinski definition) is 0. The lowest BCUT2D eigenvalue weighted by Crippen LogP contribution is -1.98. The highest BCUT2D eigenvalue weighted by Gasteiger charge is 2.08. The van der Waals surface area contributed by atoms with Crippen molar-refractivity contribution in [1.82, 2.24) is 4.98 Å². The van der Waals surface area contributed by atoms with E-state index in [0.717, 1.165) is 5.56 Å². The SMILES string of the molecule is Cc1ccnc(C)c1C(=O)Cl.Cl. The van der Waals surface area contributed by atoms with Gasteiger partial charge in [0, 0.05) is 11.9 Å².